The molecule has 0 fully saturated rings. The number of likely N-dealkylation sites (N-methyl/N-ethyl adjacent to an activating group) is 1. The third-order valence-electron chi connectivity index (χ3n) is 9.51. The normalized spacial score (nSPS) is 12.9. The molecule has 0 saturated heterocycles. The number of carbonyl (C=O) groups excluding carboxylic acids is 2. The molecule has 0 aliphatic carbocycles. The smallest absolute Gasteiger partial charge is 0.362 e. The van der Waals surface area contributed by atoms with E-state index in [-0.39, 0.29) is 36.2 Å². The van der Waals surface area contributed by atoms with Crippen LogP contribution < -0.4 is 0 Å². The van der Waals surface area contributed by atoms with Crippen LogP contribution >= 0.6 is 0 Å². The molecule has 8 heteroatoms. The average molecular weight is 699 g/mol. The third kappa shape index (κ3) is 32.0. The summed E-state index contributed by atoms with van der Waals surface area (Å²) in [5, 5.41) is 9.58. The first-order chi connectivity index (χ1) is 23.6. The van der Waals surface area contributed by atoms with Crippen LogP contribution in [0.4, 0.5) is 0 Å². The largest absolute Gasteiger partial charge is 0.477 e. The minimum absolute atomic E-state index is 0.0430. The first kappa shape index (κ1) is 47.3. The number of hydrogen-bond donors (Lipinski definition) is 1. The van der Waals surface area contributed by atoms with Crippen molar-refractivity contribution in [1.82, 2.24) is 0 Å². The highest BCUT2D eigenvalue weighted by Gasteiger charge is 2.31. The monoisotopic (exact) mass is 699 g/mol. The summed E-state index contributed by atoms with van der Waals surface area (Å²) in [5.41, 5.74) is 0. The first-order valence-corrected chi connectivity index (χ1v) is 20.6. The zero-order valence-corrected chi connectivity index (χ0v) is 32.9. The highest BCUT2D eigenvalue weighted by molar-refractivity contribution is 5.72. The lowest BCUT2D eigenvalue weighted by Crippen LogP contribution is -2.50. The van der Waals surface area contributed by atoms with Gasteiger partial charge in [-0.2, -0.15) is 0 Å². The molecule has 0 radical (unpaired) electrons. The standard InChI is InChI=1S/C41H79NO7/c1-6-8-10-12-14-16-17-18-19-20-21-22-24-26-28-30-32-40(44)49-37(35-47-34-33-38(41(45)46)42(3,4)5)36-48-39(43)31-29-27-25-23-15-13-11-9-7-2/h37-38H,6-36H2,1-5H3/p+1. The van der Waals surface area contributed by atoms with Crippen LogP contribution in [-0.2, 0) is 28.6 Å². The van der Waals surface area contributed by atoms with Crippen molar-refractivity contribution in [3.63, 3.8) is 0 Å². The van der Waals surface area contributed by atoms with Crippen LogP contribution in [0.3, 0.4) is 0 Å². The van der Waals surface area contributed by atoms with Crippen molar-refractivity contribution in [3.8, 4) is 0 Å². The molecule has 0 aromatic rings. The molecule has 0 heterocycles. The number of hydrogen-bond acceptors (Lipinski definition) is 6. The SMILES string of the molecule is CCCCCCCCCCCCCCCCCCC(=O)OC(COCCC(C(=O)O)[N+](C)(C)C)COC(=O)CCCCCCCCCCC. The molecule has 290 valence electrons. The summed E-state index contributed by atoms with van der Waals surface area (Å²) in [4.78, 5) is 36.8. The Labute approximate surface area is 302 Å². The lowest BCUT2D eigenvalue weighted by Gasteiger charge is -2.31. The first-order valence-electron chi connectivity index (χ1n) is 20.6. The molecule has 0 saturated carbocycles. The van der Waals surface area contributed by atoms with Crippen LogP contribution in [0.5, 0.6) is 0 Å². The van der Waals surface area contributed by atoms with Gasteiger partial charge in [0.1, 0.15) is 6.61 Å². The number of carboxylic acid groups (broad SMARTS) is 1. The molecule has 2 atom stereocenters. The molecule has 0 aliphatic rings. The lowest BCUT2D eigenvalue weighted by atomic mass is 10.0. The minimum Gasteiger partial charge on any atom is -0.477 e. The van der Waals surface area contributed by atoms with Crippen molar-refractivity contribution in [2.24, 2.45) is 0 Å². The van der Waals surface area contributed by atoms with Crippen LogP contribution in [0.1, 0.15) is 194 Å². The van der Waals surface area contributed by atoms with Gasteiger partial charge in [0.2, 0.25) is 0 Å². The molecule has 0 aromatic heterocycles. The molecule has 49 heavy (non-hydrogen) atoms. The van der Waals surface area contributed by atoms with Crippen molar-refractivity contribution in [2.45, 2.75) is 206 Å². The number of quaternary nitrogens is 1. The van der Waals surface area contributed by atoms with Gasteiger partial charge in [-0.3, -0.25) is 9.59 Å². The molecule has 2 unspecified atom stereocenters. The summed E-state index contributed by atoms with van der Waals surface area (Å²) >= 11 is 0. The van der Waals surface area contributed by atoms with Gasteiger partial charge >= 0.3 is 17.9 Å². The van der Waals surface area contributed by atoms with E-state index in [9.17, 15) is 19.5 Å². The maximum atomic E-state index is 12.7. The topological polar surface area (TPSA) is 99.1 Å². The maximum absolute atomic E-state index is 12.7. The fourth-order valence-corrected chi connectivity index (χ4v) is 6.27. The lowest BCUT2D eigenvalue weighted by molar-refractivity contribution is -0.887. The van der Waals surface area contributed by atoms with Gasteiger partial charge < -0.3 is 23.8 Å². The second-order valence-corrected chi connectivity index (χ2v) is 15.3. The van der Waals surface area contributed by atoms with Crippen LogP contribution in [0, 0.1) is 0 Å². The van der Waals surface area contributed by atoms with Crippen LogP contribution in [-0.4, -0.2) is 80.6 Å². The van der Waals surface area contributed by atoms with E-state index >= 15 is 0 Å². The fraction of sp³-hybridized carbons (Fsp3) is 0.927. The number of unbranched alkanes of at least 4 members (excludes halogenated alkanes) is 23. The molecular weight excluding hydrogens is 618 g/mol. The highest BCUT2D eigenvalue weighted by atomic mass is 16.6. The second kappa shape index (κ2) is 33.5. The number of rotatable bonds is 37. The summed E-state index contributed by atoms with van der Waals surface area (Å²) in [6.07, 6.45) is 31.4. The zero-order chi connectivity index (χ0) is 36.4. The van der Waals surface area contributed by atoms with Gasteiger partial charge in [-0.05, 0) is 12.8 Å². The van der Waals surface area contributed by atoms with E-state index in [4.69, 9.17) is 14.2 Å². The molecule has 1 N–H and O–H groups in total. The van der Waals surface area contributed by atoms with Crippen molar-refractivity contribution in [1.29, 1.82) is 0 Å². The van der Waals surface area contributed by atoms with Gasteiger partial charge in [0, 0.05) is 19.3 Å². The molecule has 0 amide bonds. The van der Waals surface area contributed by atoms with Gasteiger partial charge in [-0.1, -0.05) is 162 Å². The number of carbonyl (C=O) groups is 3. The predicted octanol–water partition coefficient (Wildman–Crippen LogP) is 10.6. The van der Waals surface area contributed by atoms with Gasteiger partial charge in [-0.15, -0.1) is 0 Å². The molecular formula is C41H80NO7+. The summed E-state index contributed by atoms with van der Waals surface area (Å²) in [7, 11) is 5.53. The Balaban J connectivity index is 4.31. The van der Waals surface area contributed by atoms with E-state index < -0.39 is 18.1 Å². The highest BCUT2D eigenvalue weighted by Crippen LogP contribution is 2.15. The Kier molecular flexibility index (Phi) is 32.3. The predicted molar refractivity (Wildman–Crippen MR) is 202 cm³/mol. The quantitative estimate of drug-likeness (QED) is 0.0392. The number of nitrogens with zero attached hydrogens (tertiary/aromatic N) is 1. The van der Waals surface area contributed by atoms with Gasteiger partial charge in [0.25, 0.3) is 0 Å². The van der Waals surface area contributed by atoms with E-state index in [1.165, 1.54) is 122 Å². The Bertz CT molecular complexity index is 782. The maximum Gasteiger partial charge on any atom is 0.362 e. The number of aliphatic carboxylic acids is 1. The Morgan fingerprint density at radius 2 is 0.898 bits per heavy atom. The van der Waals surface area contributed by atoms with E-state index in [0.717, 1.165) is 38.5 Å². The van der Waals surface area contributed by atoms with Gasteiger partial charge in [0.05, 0.1) is 34.4 Å². The zero-order valence-electron chi connectivity index (χ0n) is 32.9. The summed E-state index contributed by atoms with van der Waals surface area (Å²) in [6, 6.07) is -0.606. The minimum atomic E-state index is -0.872. The van der Waals surface area contributed by atoms with E-state index in [2.05, 4.69) is 13.8 Å². The Hall–Kier alpha value is -1.67. The molecule has 0 aromatic carbocycles. The fourth-order valence-electron chi connectivity index (χ4n) is 6.27. The van der Waals surface area contributed by atoms with Gasteiger partial charge in [-0.25, -0.2) is 4.79 Å². The molecule has 0 rings (SSSR count). The molecule has 0 aliphatic heterocycles. The number of ether oxygens (including phenoxy) is 3. The summed E-state index contributed by atoms with van der Waals surface area (Å²) < 4.78 is 17.2. The van der Waals surface area contributed by atoms with E-state index in [0.29, 0.717) is 19.3 Å². The average Bonchev–Trinajstić information content (AvgIpc) is 3.05. The van der Waals surface area contributed by atoms with Crippen LogP contribution in [0.25, 0.3) is 0 Å². The van der Waals surface area contributed by atoms with Crippen LogP contribution in [0.15, 0.2) is 0 Å². The van der Waals surface area contributed by atoms with Crippen molar-refractivity contribution in [3.05, 3.63) is 0 Å². The molecule has 8 nitrogen and oxygen atoms in total. The number of esters is 2. The van der Waals surface area contributed by atoms with Crippen molar-refractivity contribution < 1.29 is 38.2 Å². The van der Waals surface area contributed by atoms with Crippen LogP contribution in [0.2, 0.25) is 0 Å². The third-order valence-corrected chi connectivity index (χ3v) is 9.51. The Morgan fingerprint density at radius 3 is 1.27 bits per heavy atom. The molecule has 0 spiro atoms. The second-order valence-electron chi connectivity index (χ2n) is 15.3. The molecule has 0 bridgehead atoms. The van der Waals surface area contributed by atoms with Crippen molar-refractivity contribution >= 4 is 17.9 Å². The summed E-state index contributed by atoms with van der Waals surface area (Å²) in [6.45, 7) is 4.74. The van der Waals surface area contributed by atoms with E-state index in [1.54, 1.807) is 0 Å². The van der Waals surface area contributed by atoms with Crippen molar-refractivity contribution in [2.75, 3.05) is 41.0 Å². The van der Waals surface area contributed by atoms with Gasteiger partial charge in [0.15, 0.2) is 12.1 Å². The van der Waals surface area contributed by atoms with E-state index in [1.807, 2.05) is 21.1 Å². The summed E-state index contributed by atoms with van der Waals surface area (Å²) in [5.74, 6) is -1.45. The Morgan fingerprint density at radius 1 is 0.531 bits per heavy atom. The number of carboxylic acids is 1.